The van der Waals surface area contributed by atoms with Crippen molar-refractivity contribution < 1.29 is 29.7 Å². The molecule has 3 saturated carbocycles. The number of fused-ring (bicyclic) bond motifs is 5. The van der Waals surface area contributed by atoms with E-state index in [-0.39, 0.29) is 34.7 Å². The molecule has 0 radical (unpaired) electrons. The molecule has 0 amide bonds. The van der Waals surface area contributed by atoms with Gasteiger partial charge in [0.25, 0.3) is 0 Å². The Morgan fingerprint density at radius 1 is 1.11 bits per heavy atom. The molecule has 0 spiro atoms. The fraction of sp³-hybridized carbons (Fsp3) is 0.828. The van der Waals surface area contributed by atoms with Gasteiger partial charge in [0.1, 0.15) is 6.61 Å². The number of hydrogen-bond donors (Lipinski definition) is 3. The third kappa shape index (κ3) is 3.94. The molecule has 4 aliphatic carbocycles. The number of carboxylic acid groups (broad SMARTS) is 1. The van der Waals surface area contributed by atoms with Crippen molar-refractivity contribution >= 4 is 17.5 Å². The van der Waals surface area contributed by atoms with Crippen molar-refractivity contribution in [1.29, 1.82) is 0 Å². The Morgan fingerprint density at radius 3 is 2.51 bits per heavy atom. The lowest BCUT2D eigenvalue weighted by atomic mass is 9.42. The molecule has 6 heteroatoms. The van der Waals surface area contributed by atoms with Gasteiger partial charge in [-0.3, -0.25) is 14.4 Å². The van der Waals surface area contributed by atoms with E-state index in [0.29, 0.717) is 25.7 Å². The SMILES string of the molecule is CCCCCCC(C(=O)O)[C@]1(C(=O)CO)CC[C@H]2[C@@H]3CCC4=CC(=O)CC[C@]4(C)[C@H]3[C@@H](O)C[C@@]21C. The van der Waals surface area contributed by atoms with Gasteiger partial charge in [-0.2, -0.15) is 0 Å². The van der Waals surface area contributed by atoms with Crippen molar-refractivity contribution in [2.24, 2.45) is 39.9 Å². The van der Waals surface area contributed by atoms with E-state index in [1.807, 2.05) is 13.0 Å². The highest BCUT2D eigenvalue weighted by atomic mass is 16.4. The first-order chi connectivity index (χ1) is 16.6. The molecular weight excluding hydrogens is 444 g/mol. The first kappa shape index (κ1) is 26.5. The minimum atomic E-state index is -1.16. The van der Waals surface area contributed by atoms with Crippen LogP contribution in [0.4, 0.5) is 0 Å². The Morgan fingerprint density at radius 2 is 1.86 bits per heavy atom. The van der Waals surface area contributed by atoms with Gasteiger partial charge in [-0.1, -0.05) is 52.0 Å². The molecule has 3 fully saturated rings. The molecule has 0 aliphatic heterocycles. The predicted molar refractivity (Wildman–Crippen MR) is 133 cm³/mol. The molecular formula is C29H44O6. The monoisotopic (exact) mass is 488 g/mol. The third-order valence-electron chi connectivity index (χ3n) is 11.0. The summed E-state index contributed by atoms with van der Waals surface area (Å²) in [5, 5.41) is 32.2. The summed E-state index contributed by atoms with van der Waals surface area (Å²) in [5.74, 6) is -1.66. The molecule has 4 aliphatic rings. The molecule has 0 bridgehead atoms. The van der Waals surface area contributed by atoms with Crippen molar-refractivity contribution in [3.8, 4) is 0 Å². The van der Waals surface area contributed by atoms with Crippen LogP contribution in [0.5, 0.6) is 0 Å². The van der Waals surface area contributed by atoms with Crippen LogP contribution in [0.3, 0.4) is 0 Å². The molecule has 3 N–H and O–H groups in total. The molecule has 0 aromatic carbocycles. The summed E-state index contributed by atoms with van der Waals surface area (Å²) >= 11 is 0. The van der Waals surface area contributed by atoms with Crippen LogP contribution in [0, 0.1) is 39.9 Å². The van der Waals surface area contributed by atoms with Crippen LogP contribution >= 0.6 is 0 Å². The second-order valence-electron chi connectivity index (χ2n) is 12.4. The van der Waals surface area contributed by atoms with Gasteiger partial charge in [0.2, 0.25) is 0 Å². The smallest absolute Gasteiger partial charge is 0.307 e. The maximum Gasteiger partial charge on any atom is 0.307 e. The average molecular weight is 489 g/mol. The molecule has 196 valence electrons. The minimum absolute atomic E-state index is 0.0153. The minimum Gasteiger partial charge on any atom is -0.481 e. The Balaban J connectivity index is 1.73. The summed E-state index contributed by atoms with van der Waals surface area (Å²) in [6, 6.07) is 0. The summed E-state index contributed by atoms with van der Waals surface area (Å²) in [6.45, 7) is 5.69. The maximum absolute atomic E-state index is 13.6. The summed E-state index contributed by atoms with van der Waals surface area (Å²) in [5.41, 5.74) is -0.900. The van der Waals surface area contributed by atoms with Gasteiger partial charge in [-0.15, -0.1) is 0 Å². The fourth-order valence-corrected chi connectivity index (χ4v) is 9.47. The van der Waals surface area contributed by atoms with Gasteiger partial charge < -0.3 is 15.3 Å². The van der Waals surface area contributed by atoms with Gasteiger partial charge in [0.15, 0.2) is 11.6 Å². The second-order valence-corrected chi connectivity index (χ2v) is 12.4. The highest BCUT2D eigenvalue weighted by Crippen LogP contribution is 2.72. The molecule has 6 nitrogen and oxygen atoms in total. The van der Waals surface area contributed by atoms with Crippen LogP contribution in [0.1, 0.15) is 97.8 Å². The molecule has 0 saturated heterocycles. The van der Waals surface area contributed by atoms with Crippen LogP contribution in [0.25, 0.3) is 0 Å². The van der Waals surface area contributed by atoms with Gasteiger partial charge in [-0.25, -0.2) is 0 Å². The average Bonchev–Trinajstić information content (AvgIpc) is 3.11. The Labute approximate surface area is 209 Å². The van der Waals surface area contributed by atoms with Gasteiger partial charge in [-0.05, 0) is 79.6 Å². The molecule has 8 atom stereocenters. The number of aliphatic hydroxyl groups excluding tert-OH is 2. The molecule has 4 rings (SSSR count). The number of allylic oxidation sites excluding steroid dienone is 1. The van der Waals surface area contributed by atoms with Crippen molar-refractivity contribution in [2.45, 2.75) is 104 Å². The normalized spacial score (nSPS) is 41.4. The zero-order valence-corrected chi connectivity index (χ0v) is 21.7. The van der Waals surface area contributed by atoms with Crippen LogP contribution in [0.2, 0.25) is 0 Å². The third-order valence-corrected chi connectivity index (χ3v) is 11.0. The molecule has 0 aromatic heterocycles. The van der Waals surface area contributed by atoms with Gasteiger partial charge in [0, 0.05) is 6.42 Å². The molecule has 1 unspecified atom stereocenters. The lowest BCUT2D eigenvalue weighted by Gasteiger charge is -2.62. The fourth-order valence-electron chi connectivity index (χ4n) is 9.47. The Hall–Kier alpha value is -1.53. The van der Waals surface area contributed by atoms with Crippen LogP contribution in [0.15, 0.2) is 11.6 Å². The van der Waals surface area contributed by atoms with Crippen molar-refractivity contribution in [2.75, 3.05) is 6.61 Å². The zero-order chi connectivity index (χ0) is 25.6. The standard InChI is InChI=1S/C29H44O6/c1-4-5-6-7-8-22(26(34)35)29(24(33)17-30)14-12-21-20-10-9-18-15-19(31)11-13-27(18,2)25(20)23(32)16-28(21,29)3/h15,20-23,25,30,32H,4-14,16-17H2,1-3H3,(H,34,35)/t20-,21-,22?,23-,25+,27-,28-,29-/m0/s1. The van der Waals surface area contributed by atoms with Gasteiger partial charge >= 0.3 is 5.97 Å². The lowest BCUT2D eigenvalue weighted by molar-refractivity contribution is -0.181. The van der Waals surface area contributed by atoms with E-state index in [2.05, 4.69) is 13.8 Å². The Kier molecular flexibility index (Phi) is 7.38. The van der Waals surface area contributed by atoms with Crippen molar-refractivity contribution in [3.63, 3.8) is 0 Å². The maximum atomic E-state index is 13.6. The molecule has 35 heavy (non-hydrogen) atoms. The number of unbranched alkanes of at least 4 members (excludes halogenated alkanes) is 3. The van der Waals surface area contributed by atoms with E-state index in [1.165, 1.54) is 0 Å². The van der Waals surface area contributed by atoms with Crippen molar-refractivity contribution in [3.05, 3.63) is 11.6 Å². The lowest BCUT2D eigenvalue weighted by Crippen LogP contribution is -2.61. The van der Waals surface area contributed by atoms with Gasteiger partial charge in [0.05, 0.1) is 17.4 Å². The summed E-state index contributed by atoms with van der Waals surface area (Å²) < 4.78 is 0. The number of hydrogen-bond acceptors (Lipinski definition) is 5. The Bertz CT molecular complexity index is 894. The summed E-state index contributed by atoms with van der Waals surface area (Å²) in [4.78, 5) is 38.4. The van der Waals surface area contributed by atoms with E-state index in [9.17, 15) is 29.7 Å². The largest absolute Gasteiger partial charge is 0.481 e. The topological polar surface area (TPSA) is 112 Å². The second kappa shape index (κ2) is 9.74. The van der Waals surface area contributed by atoms with Crippen LogP contribution < -0.4 is 0 Å². The van der Waals surface area contributed by atoms with Crippen LogP contribution in [-0.4, -0.2) is 45.6 Å². The molecule has 0 aromatic rings. The van der Waals surface area contributed by atoms with Crippen LogP contribution in [-0.2, 0) is 14.4 Å². The quantitative estimate of drug-likeness (QED) is 0.405. The first-order valence-corrected chi connectivity index (χ1v) is 13.9. The van der Waals surface area contributed by atoms with E-state index >= 15 is 0 Å². The predicted octanol–water partition coefficient (Wildman–Crippen LogP) is 4.71. The number of aliphatic carboxylic acids is 1. The highest BCUT2D eigenvalue weighted by Gasteiger charge is 2.71. The zero-order valence-electron chi connectivity index (χ0n) is 21.7. The number of carboxylic acids is 1. The summed E-state index contributed by atoms with van der Waals surface area (Å²) in [7, 11) is 0. The highest BCUT2D eigenvalue weighted by molar-refractivity contribution is 5.92. The number of aliphatic hydroxyl groups is 2. The van der Waals surface area contributed by atoms with E-state index < -0.39 is 35.4 Å². The van der Waals surface area contributed by atoms with Crippen molar-refractivity contribution in [1.82, 2.24) is 0 Å². The number of Topliss-reactive ketones (excluding diaryl/α,β-unsaturated/α-hetero) is 1. The van der Waals surface area contributed by atoms with E-state index in [4.69, 9.17) is 0 Å². The number of carbonyl (C=O) groups is 3. The molecule has 0 heterocycles. The number of rotatable bonds is 9. The van der Waals surface area contributed by atoms with E-state index in [0.717, 1.165) is 56.9 Å². The summed E-state index contributed by atoms with van der Waals surface area (Å²) in [6.07, 6.45) is 9.86. The first-order valence-electron chi connectivity index (χ1n) is 13.9. The number of carbonyl (C=O) groups excluding carboxylic acids is 2. The number of ketones is 2. The van der Waals surface area contributed by atoms with E-state index in [1.54, 1.807) is 0 Å².